The van der Waals surface area contributed by atoms with E-state index in [0.717, 1.165) is 23.5 Å². The molecule has 0 unspecified atom stereocenters. The lowest BCUT2D eigenvalue weighted by Gasteiger charge is -2.15. The van der Waals surface area contributed by atoms with Crippen LogP contribution in [0.4, 0.5) is 0 Å². The van der Waals surface area contributed by atoms with Crippen molar-refractivity contribution in [2.75, 3.05) is 7.11 Å². The number of hydrogen-bond donors (Lipinski definition) is 1. The molecule has 1 aromatic heterocycles. The summed E-state index contributed by atoms with van der Waals surface area (Å²) in [6.07, 6.45) is 1.13. The van der Waals surface area contributed by atoms with Crippen LogP contribution in [0.3, 0.4) is 0 Å². The van der Waals surface area contributed by atoms with Crippen molar-refractivity contribution in [2.45, 2.75) is 33.6 Å². The summed E-state index contributed by atoms with van der Waals surface area (Å²) in [5.74, 6) is 0.283. The third kappa shape index (κ3) is 2.79. The van der Waals surface area contributed by atoms with E-state index in [1.807, 2.05) is 37.5 Å². The zero-order valence-corrected chi connectivity index (χ0v) is 12.9. The van der Waals surface area contributed by atoms with Crippen molar-refractivity contribution in [3.05, 3.63) is 41.2 Å². The van der Waals surface area contributed by atoms with Crippen LogP contribution in [-0.2, 0) is 0 Å². The molecule has 4 nitrogen and oxygen atoms in total. The number of benzene rings is 1. The van der Waals surface area contributed by atoms with Gasteiger partial charge in [-0.1, -0.05) is 6.92 Å². The van der Waals surface area contributed by atoms with Crippen molar-refractivity contribution in [3.63, 3.8) is 0 Å². The molecule has 0 atom stereocenters. The maximum atomic E-state index is 12.1. The Kier molecular flexibility index (Phi) is 4.36. The molecule has 21 heavy (non-hydrogen) atoms. The number of rotatable bonds is 5. The fourth-order valence-electron chi connectivity index (χ4n) is 2.58. The average Bonchev–Trinajstić information content (AvgIpc) is 2.77. The number of carbonyl (C=O) groups excluding carboxylic acids is 1. The van der Waals surface area contributed by atoms with Gasteiger partial charge in [0.2, 0.25) is 0 Å². The van der Waals surface area contributed by atoms with Gasteiger partial charge in [-0.25, -0.2) is 0 Å². The molecular formula is C17H21NO3. The van der Waals surface area contributed by atoms with Crippen molar-refractivity contribution >= 4 is 5.78 Å². The number of ether oxygens (including phenoxy) is 1. The number of ketones is 1. The van der Waals surface area contributed by atoms with Crippen LogP contribution in [0.2, 0.25) is 0 Å². The van der Waals surface area contributed by atoms with Crippen molar-refractivity contribution in [2.24, 2.45) is 0 Å². The number of Topliss-reactive ketones (excluding diaryl/α,β-unsaturated/α-hetero) is 1. The molecule has 1 N–H and O–H groups in total. The van der Waals surface area contributed by atoms with E-state index >= 15 is 0 Å². The summed E-state index contributed by atoms with van der Waals surface area (Å²) in [7, 11) is 1.51. The molecule has 2 rings (SSSR count). The number of aromatic hydroxyl groups is 1. The van der Waals surface area contributed by atoms with Crippen LogP contribution in [0.25, 0.3) is 5.69 Å². The Balaban J connectivity index is 2.59. The molecule has 0 amide bonds. The minimum atomic E-state index is -0.0978. The van der Waals surface area contributed by atoms with Gasteiger partial charge < -0.3 is 14.4 Å². The smallest absolute Gasteiger partial charge is 0.170 e. The largest absolute Gasteiger partial charge is 0.507 e. The molecule has 1 aromatic carbocycles. The van der Waals surface area contributed by atoms with E-state index < -0.39 is 0 Å². The first-order valence-corrected chi connectivity index (χ1v) is 7.09. The third-order valence-electron chi connectivity index (χ3n) is 3.57. The second-order valence-corrected chi connectivity index (χ2v) is 5.17. The summed E-state index contributed by atoms with van der Waals surface area (Å²) in [6, 6.07) is 7.43. The molecule has 2 aromatic rings. The Labute approximate surface area is 125 Å². The highest BCUT2D eigenvalue weighted by Gasteiger charge is 2.19. The molecular weight excluding hydrogens is 266 g/mol. The maximum Gasteiger partial charge on any atom is 0.170 e. The number of aryl methyl sites for hydroxylation is 2. The van der Waals surface area contributed by atoms with Gasteiger partial charge in [0.25, 0.3) is 0 Å². The predicted octanol–water partition coefficient (Wildman–Crippen LogP) is 3.79. The highest BCUT2D eigenvalue weighted by molar-refractivity contribution is 6.01. The van der Waals surface area contributed by atoms with Crippen LogP contribution in [-0.4, -0.2) is 22.6 Å². The topological polar surface area (TPSA) is 51.5 Å². The summed E-state index contributed by atoms with van der Waals surface area (Å²) in [6.45, 7) is 5.92. The Morgan fingerprint density at radius 2 is 1.86 bits per heavy atom. The quantitative estimate of drug-likeness (QED) is 0.851. The molecule has 0 radical (unpaired) electrons. The Bertz CT molecular complexity index is 651. The normalized spacial score (nSPS) is 10.7. The first-order valence-electron chi connectivity index (χ1n) is 7.09. The molecule has 0 aliphatic carbocycles. The van der Waals surface area contributed by atoms with Gasteiger partial charge in [0.15, 0.2) is 5.78 Å². The van der Waals surface area contributed by atoms with E-state index in [9.17, 15) is 9.90 Å². The van der Waals surface area contributed by atoms with E-state index in [0.29, 0.717) is 12.2 Å². The lowest BCUT2D eigenvalue weighted by Crippen LogP contribution is -2.05. The number of methoxy groups -OCH3 is 1. The summed E-state index contributed by atoms with van der Waals surface area (Å²) >= 11 is 0. The van der Waals surface area contributed by atoms with Gasteiger partial charge in [-0.3, -0.25) is 4.79 Å². The van der Waals surface area contributed by atoms with Gasteiger partial charge >= 0.3 is 0 Å². The van der Waals surface area contributed by atoms with Gasteiger partial charge in [-0.2, -0.15) is 0 Å². The highest BCUT2D eigenvalue weighted by atomic mass is 16.5. The summed E-state index contributed by atoms with van der Waals surface area (Å²) in [5.41, 5.74) is 3.17. The van der Waals surface area contributed by atoms with Crippen molar-refractivity contribution in [1.82, 2.24) is 4.57 Å². The number of phenolic OH excluding ortho intramolecular Hbond substituents is 1. The summed E-state index contributed by atoms with van der Waals surface area (Å²) in [4.78, 5) is 12.1. The van der Waals surface area contributed by atoms with Crippen LogP contribution < -0.4 is 4.74 Å². The van der Waals surface area contributed by atoms with Gasteiger partial charge in [0.05, 0.1) is 12.8 Å². The molecule has 0 saturated heterocycles. The minimum absolute atomic E-state index is 0.0321. The van der Waals surface area contributed by atoms with Crippen molar-refractivity contribution in [1.29, 1.82) is 0 Å². The van der Waals surface area contributed by atoms with Gasteiger partial charge in [0, 0.05) is 29.9 Å². The van der Waals surface area contributed by atoms with E-state index in [1.54, 1.807) is 12.1 Å². The van der Waals surface area contributed by atoms with Crippen LogP contribution in [0.5, 0.6) is 11.5 Å². The molecule has 0 aliphatic heterocycles. The number of aromatic nitrogens is 1. The fourth-order valence-corrected chi connectivity index (χ4v) is 2.58. The predicted molar refractivity (Wildman–Crippen MR) is 82.7 cm³/mol. The Hall–Kier alpha value is -2.23. The van der Waals surface area contributed by atoms with Gasteiger partial charge in [-0.15, -0.1) is 0 Å². The zero-order valence-electron chi connectivity index (χ0n) is 12.9. The van der Waals surface area contributed by atoms with Gasteiger partial charge in [0.1, 0.15) is 17.1 Å². The molecule has 0 saturated carbocycles. The van der Waals surface area contributed by atoms with E-state index in [-0.39, 0.29) is 17.1 Å². The number of phenols is 1. The Morgan fingerprint density at radius 1 is 1.24 bits per heavy atom. The molecule has 4 heteroatoms. The van der Waals surface area contributed by atoms with Crippen LogP contribution in [0.1, 0.15) is 41.5 Å². The first-order chi connectivity index (χ1) is 9.99. The third-order valence-corrected chi connectivity index (χ3v) is 3.57. The molecule has 0 bridgehead atoms. The number of carbonyl (C=O) groups is 1. The molecule has 112 valence electrons. The molecule has 0 fully saturated rings. The van der Waals surface area contributed by atoms with Crippen LogP contribution in [0, 0.1) is 13.8 Å². The summed E-state index contributed by atoms with van der Waals surface area (Å²) in [5, 5.41) is 10.3. The monoisotopic (exact) mass is 287 g/mol. The fraction of sp³-hybridized carbons (Fsp3) is 0.353. The van der Waals surface area contributed by atoms with E-state index in [1.165, 1.54) is 7.11 Å². The summed E-state index contributed by atoms with van der Waals surface area (Å²) < 4.78 is 7.33. The highest BCUT2D eigenvalue weighted by Crippen LogP contribution is 2.33. The average molecular weight is 287 g/mol. The van der Waals surface area contributed by atoms with Crippen LogP contribution in [0.15, 0.2) is 24.3 Å². The Morgan fingerprint density at radius 3 is 2.38 bits per heavy atom. The minimum Gasteiger partial charge on any atom is -0.507 e. The molecule has 0 spiro atoms. The standard InChI is InChI=1S/C17H21NO3/c1-5-6-14(19)17-15(20)9-13(10-16(17)21-4)18-11(2)7-8-12(18)3/h7-10,20H,5-6H2,1-4H3. The lowest BCUT2D eigenvalue weighted by molar-refractivity contribution is 0.0976. The van der Waals surface area contributed by atoms with Crippen molar-refractivity contribution < 1.29 is 14.6 Å². The maximum absolute atomic E-state index is 12.1. The number of hydrogen-bond acceptors (Lipinski definition) is 3. The second kappa shape index (κ2) is 6.04. The van der Waals surface area contributed by atoms with Crippen molar-refractivity contribution in [3.8, 4) is 17.2 Å². The second-order valence-electron chi connectivity index (χ2n) is 5.17. The number of nitrogens with zero attached hydrogens (tertiary/aromatic N) is 1. The van der Waals surface area contributed by atoms with E-state index in [4.69, 9.17) is 4.74 Å². The molecule has 0 aliphatic rings. The van der Waals surface area contributed by atoms with Gasteiger partial charge in [-0.05, 0) is 32.4 Å². The first kappa shape index (κ1) is 15.2. The SMILES string of the molecule is CCCC(=O)c1c(O)cc(-n2c(C)ccc2C)cc1OC. The molecule has 1 heterocycles. The lowest BCUT2D eigenvalue weighted by atomic mass is 10.0. The van der Waals surface area contributed by atoms with Crippen LogP contribution >= 0.6 is 0 Å². The zero-order chi connectivity index (χ0) is 15.6. The van der Waals surface area contributed by atoms with E-state index in [2.05, 4.69) is 0 Å².